The van der Waals surface area contributed by atoms with E-state index in [0.29, 0.717) is 34.5 Å². The third-order valence-electron chi connectivity index (χ3n) is 8.20. The first-order valence-corrected chi connectivity index (χ1v) is 13.6. The van der Waals surface area contributed by atoms with Crippen molar-refractivity contribution in [2.75, 3.05) is 10.2 Å². The molecule has 3 aliphatic rings. The van der Waals surface area contributed by atoms with E-state index in [1.807, 2.05) is 26.0 Å². The minimum Gasteiger partial charge on any atom is -0.382 e. The Balaban J connectivity index is 1.27. The first-order valence-electron chi connectivity index (χ1n) is 13.6. The fraction of sp³-hybridized carbons (Fsp3) is 0.517. The summed E-state index contributed by atoms with van der Waals surface area (Å²) in [7, 11) is 0. The number of hydrogen-bond acceptors (Lipinski definition) is 6. The van der Waals surface area contributed by atoms with Crippen molar-refractivity contribution >= 4 is 29.1 Å². The number of aryl methyl sites for hydroxylation is 1. The van der Waals surface area contributed by atoms with Gasteiger partial charge in [0.2, 0.25) is 0 Å². The molecule has 37 heavy (non-hydrogen) atoms. The van der Waals surface area contributed by atoms with Gasteiger partial charge in [-0.2, -0.15) is 0 Å². The molecule has 5 rings (SSSR count). The van der Waals surface area contributed by atoms with Crippen LogP contribution in [0.4, 0.5) is 11.5 Å². The average molecular weight is 504 g/mol. The van der Waals surface area contributed by atoms with Gasteiger partial charge in [-0.1, -0.05) is 6.92 Å². The molecule has 8 nitrogen and oxygen atoms in total. The molecule has 4 N–H and O–H groups in total. The normalized spacial score (nSPS) is 23.4. The van der Waals surface area contributed by atoms with Crippen LogP contribution in [0.5, 0.6) is 0 Å². The fourth-order valence-corrected chi connectivity index (χ4v) is 5.84. The smallest absolute Gasteiger partial charge is 0.251 e. The van der Waals surface area contributed by atoms with Crippen LogP contribution in [-0.2, 0) is 0 Å². The summed E-state index contributed by atoms with van der Waals surface area (Å²) in [5.41, 5.74) is 8.60. The number of fused-ring (bicyclic) bond motifs is 2. The van der Waals surface area contributed by atoms with Crippen molar-refractivity contribution in [3.63, 3.8) is 0 Å². The van der Waals surface area contributed by atoms with Gasteiger partial charge in [-0.15, -0.1) is 0 Å². The van der Waals surface area contributed by atoms with Gasteiger partial charge in [0.05, 0.1) is 5.56 Å². The fourth-order valence-electron chi connectivity index (χ4n) is 5.84. The number of pyridine rings is 1. The minimum atomic E-state index is -0.511. The lowest BCUT2D eigenvalue weighted by Crippen LogP contribution is -2.50. The molecule has 2 aromatic rings. The molecule has 1 saturated carbocycles. The van der Waals surface area contributed by atoms with Crippen molar-refractivity contribution in [2.45, 2.75) is 89.9 Å². The van der Waals surface area contributed by atoms with Crippen LogP contribution in [0.2, 0.25) is 0 Å². The molecule has 2 aliphatic heterocycles. The van der Waals surface area contributed by atoms with Crippen molar-refractivity contribution in [1.29, 1.82) is 0 Å². The van der Waals surface area contributed by atoms with E-state index in [4.69, 9.17) is 5.73 Å². The SMILES string of the molecule is CC[C@@H](C)Nc1cc(C(=O)NC2C[C@@H]3CC[C@@H](C2)N3c2ccc(C(=O)C3CC3)cn2)c(C)cc1C(N)=O. The first-order chi connectivity index (χ1) is 17.7. The zero-order valence-corrected chi connectivity index (χ0v) is 21.9. The van der Waals surface area contributed by atoms with Gasteiger partial charge >= 0.3 is 0 Å². The Bertz CT molecular complexity index is 1190. The summed E-state index contributed by atoms with van der Waals surface area (Å²) in [5, 5.41) is 6.58. The van der Waals surface area contributed by atoms with Gasteiger partial charge in [0.15, 0.2) is 5.78 Å². The van der Waals surface area contributed by atoms with E-state index < -0.39 is 5.91 Å². The van der Waals surface area contributed by atoms with Gasteiger partial charge in [-0.25, -0.2) is 4.98 Å². The van der Waals surface area contributed by atoms with Crippen LogP contribution in [0.3, 0.4) is 0 Å². The lowest BCUT2D eigenvalue weighted by molar-refractivity contribution is 0.0923. The maximum Gasteiger partial charge on any atom is 0.251 e. The Kier molecular flexibility index (Phi) is 6.92. The monoisotopic (exact) mass is 503 g/mol. The number of nitrogens with one attached hydrogen (secondary N) is 2. The molecule has 2 amide bonds. The Hall–Kier alpha value is -3.42. The van der Waals surface area contributed by atoms with E-state index in [1.165, 1.54) is 0 Å². The molecule has 3 fully saturated rings. The highest BCUT2D eigenvalue weighted by Crippen LogP contribution is 2.39. The summed E-state index contributed by atoms with van der Waals surface area (Å²) < 4.78 is 0. The molecule has 1 aliphatic carbocycles. The number of benzene rings is 1. The number of rotatable bonds is 9. The highest BCUT2D eigenvalue weighted by Gasteiger charge is 2.42. The number of Topliss-reactive ketones (excluding diaryl/α,β-unsaturated/α-hetero) is 1. The summed E-state index contributed by atoms with van der Waals surface area (Å²) in [6.07, 6.45) is 8.43. The minimum absolute atomic E-state index is 0.0677. The van der Waals surface area contributed by atoms with Crippen LogP contribution in [0, 0.1) is 12.8 Å². The van der Waals surface area contributed by atoms with Gasteiger partial charge < -0.3 is 21.3 Å². The molecule has 3 heterocycles. The maximum absolute atomic E-state index is 13.4. The van der Waals surface area contributed by atoms with Crippen LogP contribution in [0.1, 0.15) is 95.4 Å². The number of nitrogens with two attached hydrogens (primary N) is 1. The second kappa shape index (κ2) is 10.1. The van der Waals surface area contributed by atoms with Crippen LogP contribution in [0.25, 0.3) is 0 Å². The number of anilines is 2. The molecule has 0 radical (unpaired) electrons. The second-order valence-electron chi connectivity index (χ2n) is 11.0. The summed E-state index contributed by atoms with van der Waals surface area (Å²) >= 11 is 0. The lowest BCUT2D eigenvalue weighted by Gasteiger charge is -2.40. The number of amides is 2. The molecule has 2 bridgehead atoms. The van der Waals surface area contributed by atoms with E-state index in [-0.39, 0.29) is 29.7 Å². The predicted molar refractivity (Wildman–Crippen MR) is 144 cm³/mol. The van der Waals surface area contributed by atoms with E-state index in [9.17, 15) is 14.4 Å². The van der Waals surface area contributed by atoms with Gasteiger partial charge in [0.1, 0.15) is 5.82 Å². The molecule has 8 heteroatoms. The number of carbonyl (C=O) groups excluding carboxylic acids is 3. The Morgan fingerprint density at radius 1 is 1.08 bits per heavy atom. The third-order valence-corrected chi connectivity index (χ3v) is 8.20. The van der Waals surface area contributed by atoms with Crippen LogP contribution in [-0.4, -0.2) is 46.7 Å². The third kappa shape index (κ3) is 5.20. The molecule has 1 aromatic heterocycles. The largest absolute Gasteiger partial charge is 0.382 e. The summed E-state index contributed by atoms with van der Waals surface area (Å²) in [4.78, 5) is 44.7. The van der Waals surface area contributed by atoms with E-state index in [2.05, 4.69) is 27.4 Å². The van der Waals surface area contributed by atoms with Gasteiger partial charge in [0, 0.05) is 53.1 Å². The molecular formula is C29H37N5O3. The van der Waals surface area contributed by atoms with Crippen molar-refractivity contribution in [3.8, 4) is 0 Å². The Labute approximate surface area is 218 Å². The lowest BCUT2D eigenvalue weighted by atomic mass is 9.95. The second-order valence-corrected chi connectivity index (χ2v) is 11.0. The van der Waals surface area contributed by atoms with Crippen molar-refractivity contribution in [1.82, 2.24) is 10.3 Å². The van der Waals surface area contributed by atoms with Gasteiger partial charge in [-0.05, 0) is 88.6 Å². The maximum atomic E-state index is 13.4. The standard InChI is InChI=1S/C29H37N5O3/c1-4-17(3)32-25-14-23(16(2)11-24(25)28(30)36)29(37)33-20-12-21-8-9-22(13-20)34(21)26-10-7-19(15-31-26)27(35)18-5-6-18/h7,10-11,14-15,17-18,20-22,32H,4-6,8-9,12-13H2,1-3H3,(H2,30,36)(H,33,37)/t17-,21+,22+/m1/s1. The van der Waals surface area contributed by atoms with Crippen LogP contribution < -0.4 is 21.3 Å². The molecule has 3 atom stereocenters. The zero-order valence-electron chi connectivity index (χ0n) is 21.9. The highest BCUT2D eigenvalue weighted by molar-refractivity contribution is 6.03. The van der Waals surface area contributed by atoms with Crippen molar-refractivity contribution in [3.05, 3.63) is 52.7 Å². The van der Waals surface area contributed by atoms with E-state index >= 15 is 0 Å². The molecule has 0 spiro atoms. The Morgan fingerprint density at radius 2 is 1.78 bits per heavy atom. The van der Waals surface area contributed by atoms with Gasteiger partial charge in [-0.3, -0.25) is 14.4 Å². The predicted octanol–water partition coefficient (Wildman–Crippen LogP) is 4.22. The number of piperidine rings is 1. The topological polar surface area (TPSA) is 117 Å². The molecule has 196 valence electrons. The van der Waals surface area contributed by atoms with Crippen molar-refractivity contribution < 1.29 is 14.4 Å². The summed E-state index contributed by atoms with van der Waals surface area (Å²) in [6, 6.07) is 8.19. The number of nitrogens with zero attached hydrogens (tertiary/aromatic N) is 2. The number of carbonyl (C=O) groups is 3. The van der Waals surface area contributed by atoms with E-state index in [1.54, 1.807) is 18.3 Å². The summed E-state index contributed by atoms with van der Waals surface area (Å²) in [6.45, 7) is 5.92. The average Bonchev–Trinajstić information content (AvgIpc) is 3.69. The molecule has 1 aromatic carbocycles. The number of aromatic nitrogens is 1. The van der Waals surface area contributed by atoms with Crippen molar-refractivity contribution in [2.24, 2.45) is 11.7 Å². The van der Waals surface area contributed by atoms with Crippen LogP contribution >= 0.6 is 0 Å². The number of ketones is 1. The molecule has 0 unspecified atom stereocenters. The highest BCUT2D eigenvalue weighted by atomic mass is 16.2. The quantitative estimate of drug-likeness (QED) is 0.441. The Morgan fingerprint density at radius 3 is 2.35 bits per heavy atom. The van der Waals surface area contributed by atoms with Crippen LogP contribution in [0.15, 0.2) is 30.5 Å². The molecule has 2 saturated heterocycles. The summed E-state index contributed by atoms with van der Waals surface area (Å²) in [5.74, 6) is 0.692. The number of hydrogen-bond donors (Lipinski definition) is 3. The van der Waals surface area contributed by atoms with E-state index in [0.717, 1.165) is 56.3 Å². The number of primary amides is 1. The zero-order chi connectivity index (χ0) is 26.3. The first kappa shape index (κ1) is 25.2. The van der Waals surface area contributed by atoms with Gasteiger partial charge in [0.25, 0.3) is 11.8 Å². The molecular weight excluding hydrogens is 466 g/mol.